The molecule has 1 unspecified atom stereocenters. The van der Waals surface area contributed by atoms with Gasteiger partial charge in [-0.05, 0) is 36.5 Å². The smallest absolute Gasteiger partial charge is 0.00832 e. The number of aryl methyl sites for hydroxylation is 2. The van der Waals surface area contributed by atoms with Crippen molar-refractivity contribution >= 4 is 0 Å². The molecule has 0 amide bonds. The normalized spacial score (nSPS) is 20.5. The SMILES string of the molecule is C=C1CC1c1ccc(C)c(CC)c1. The molecule has 0 bridgehead atoms. The largest absolute Gasteiger partial charge is 0.0992 e. The summed E-state index contributed by atoms with van der Waals surface area (Å²) in [7, 11) is 0. The number of benzene rings is 1. The van der Waals surface area contributed by atoms with Crippen molar-refractivity contribution in [1.82, 2.24) is 0 Å². The Labute approximate surface area is 80.3 Å². The molecule has 1 atom stereocenters. The summed E-state index contributed by atoms with van der Waals surface area (Å²) in [6, 6.07) is 6.83. The van der Waals surface area contributed by atoms with E-state index in [2.05, 4.69) is 38.6 Å². The third-order valence-electron chi connectivity index (χ3n) is 2.96. The first kappa shape index (κ1) is 8.55. The lowest BCUT2D eigenvalue weighted by Gasteiger charge is -2.05. The van der Waals surface area contributed by atoms with Gasteiger partial charge < -0.3 is 0 Å². The van der Waals surface area contributed by atoms with E-state index < -0.39 is 0 Å². The fourth-order valence-electron chi connectivity index (χ4n) is 1.85. The van der Waals surface area contributed by atoms with Crippen LogP contribution in [0.15, 0.2) is 30.4 Å². The molecule has 13 heavy (non-hydrogen) atoms. The first-order chi connectivity index (χ1) is 6.22. The molecule has 1 aromatic rings. The Morgan fingerprint density at radius 1 is 1.46 bits per heavy atom. The third-order valence-corrected chi connectivity index (χ3v) is 2.96. The van der Waals surface area contributed by atoms with Crippen LogP contribution in [0.5, 0.6) is 0 Å². The van der Waals surface area contributed by atoms with Crippen molar-refractivity contribution in [2.75, 3.05) is 0 Å². The van der Waals surface area contributed by atoms with E-state index in [0.717, 1.165) is 6.42 Å². The molecular formula is C13H16. The van der Waals surface area contributed by atoms with Crippen molar-refractivity contribution in [3.05, 3.63) is 47.0 Å². The van der Waals surface area contributed by atoms with Gasteiger partial charge in [-0.25, -0.2) is 0 Å². The molecule has 1 aliphatic carbocycles. The molecule has 0 N–H and O–H groups in total. The lowest BCUT2D eigenvalue weighted by molar-refractivity contribution is 1.07. The number of hydrogen-bond acceptors (Lipinski definition) is 0. The Hall–Kier alpha value is -1.04. The number of rotatable bonds is 2. The van der Waals surface area contributed by atoms with Crippen molar-refractivity contribution in [2.24, 2.45) is 0 Å². The molecule has 2 rings (SSSR count). The highest BCUT2D eigenvalue weighted by molar-refractivity contribution is 5.43. The quantitative estimate of drug-likeness (QED) is 0.598. The zero-order chi connectivity index (χ0) is 9.42. The minimum Gasteiger partial charge on any atom is -0.0992 e. The number of allylic oxidation sites excluding steroid dienone is 1. The van der Waals surface area contributed by atoms with Crippen LogP contribution in [0.1, 0.15) is 36.0 Å². The summed E-state index contributed by atoms with van der Waals surface area (Å²) < 4.78 is 0. The first-order valence-corrected chi connectivity index (χ1v) is 4.99. The molecule has 0 spiro atoms. The fraction of sp³-hybridized carbons (Fsp3) is 0.385. The van der Waals surface area contributed by atoms with Gasteiger partial charge in [0.05, 0.1) is 0 Å². The third kappa shape index (κ3) is 1.53. The van der Waals surface area contributed by atoms with E-state index in [-0.39, 0.29) is 0 Å². The molecular weight excluding hydrogens is 156 g/mol. The van der Waals surface area contributed by atoms with Crippen molar-refractivity contribution in [3.8, 4) is 0 Å². The Morgan fingerprint density at radius 3 is 2.69 bits per heavy atom. The van der Waals surface area contributed by atoms with Crippen LogP contribution in [-0.4, -0.2) is 0 Å². The monoisotopic (exact) mass is 172 g/mol. The molecule has 0 heteroatoms. The molecule has 0 aliphatic heterocycles. The van der Waals surface area contributed by atoms with Gasteiger partial charge in [0.1, 0.15) is 0 Å². The second-order valence-electron chi connectivity index (χ2n) is 3.95. The highest BCUT2D eigenvalue weighted by Gasteiger charge is 2.28. The molecule has 0 heterocycles. The van der Waals surface area contributed by atoms with Crippen LogP contribution >= 0.6 is 0 Å². The average Bonchev–Trinajstić information content (AvgIpc) is 2.84. The van der Waals surface area contributed by atoms with Crippen molar-refractivity contribution in [2.45, 2.75) is 32.6 Å². The predicted molar refractivity (Wildman–Crippen MR) is 57.1 cm³/mol. The van der Waals surface area contributed by atoms with Crippen LogP contribution < -0.4 is 0 Å². The summed E-state index contributed by atoms with van der Waals surface area (Å²) in [6.07, 6.45) is 2.34. The van der Waals surface area contributed by atoms with Gasteiger partial charge in [0.25, 0.3) is 0 Å². The van der Waals surface area contributed by atoms with E-state index in [1.54, 1.807) is 0 Å². The van der Waals surface area contributed by atoms with Gasteiger partial charge in [0.2, 0.25) is 0 Å². The van der Waals surface area contributed by atoms with Crippen molar-refractivity contribution in [1.29, 1.82) is 0 Å². The van der Waals surface area contributed by atoms with Crippen LogP contribution in [0, 0.1) is 6.92 Å². The van der Waals surface area contributed by atoms with E-state index in [1.165, 1.54) is 28.7 Å². The van der Waals surface area contributed by atoms with Gasteiger partial charge in [-0.2, -0.15) is 0 Å². The zero-order valence-electron chi connectivity index (χ0n) is 8.43. The highest BCUT2D eigenvalue weighted by Crippen LogP contribution is 2.45. The van der Waals surface area contributed by atoms with E-state index in [4.69, 9.17) is 0 Å². The number of hydrogen-bond donors (Lipinski definition) is 0. The van der Waals surface area contributed by atoms with E-state index in [0.29, 0.717) is 5.92 Å². The van der Waals surface area contributed by atoms with Crippen molar-refractivity contribution < 1.29 is 0 Å². The Kier molecular flexibility index (Phi) is 1.99. The molecule has 1 saturated carbocycles. The predicted octanol–water partition coefficient (Wildman–Crippen LogP) is 3.60. The van der Waals surface area contributed by atoms with E-state index in [1.807, 2.05) is 0 Å². The minimum atomic E-state index is 0.672. The summed E-state index contributed by atoms with van der Waals surface area (Å²) in [6.45, 7) is 8.40. The van der Waals surface area contributed by atoms with Gasteiger partial charge in [-0.15, -0.1) is 0 Å². The summed E-state index contributed by atoms with van der Waals surface area (Å²) in [4.78, 5) is 0. The summed E-state index contributed by atoms with van der Waals surface area (Å²) in [5.41, 5.74) is 5.76. The minimum absolute atomic E-state index is 0.672. The molecule has 0 nitrogen and oxygen atoms in total. The maximum Gasteiger partial charge on any atom is 0.00832 e. The second-order valence-corrected chi connectivity index (χ2v) is 3.95. The Bertz CT molecular complexity index is 347. The summed E-state index contributed by atoms with van der Waals surface area (Å²) >= 11 is 0. The maximum atomic E-state index is 4.00. The van der Waals surface area contributed by atoms with Crippen LogP contribution in [-0.2, 0) is 6.42 Å². The molecule has 1 aromatic carbocycles. The van der Waals surface area contributed by atoms with Crippen LogP contribution in [0.2, 0.25) is 0 Å². The topological polar surface area (TPSA) is 0 Å². The molecule has 0 radical (unpaired) electrons. The molecule has 1 fully saturated rings. The van der Waals surface area contributed by atoms with Crippen molar-refractivity contribution in [3.63, 3.8) is 0 Å². The molecule has 0 aromatic heterocycles. The Balaban J connectivity index is 2.33. The van der Waals surface area contributed by atoms with Crippen LogP contribution in [0.3, 0.4) is 0 Å². The zero-order valence-corrected chi connectivity index (χ0v) is 8.43. The average molecular weight is 172 g/mol. The lowest BCUT2D eigenvalue weighted by atomic mass is 10.0. The Morgan fingerprint density at radius 2 is 2.15 bits per heavy atom. The molecule has 68 valence electrons. The van der Waals surface area contributed by atoms with E-state index in [9.17, 15) is 0 Å². The standard InChI is InChI=1S/C13H16/c1-4-11-8-12(6-5-9(11)2)13-7-10(13)3/h5-6,8,13H,3-4,7H2,1-2H3. The van der Waals surface area contributed by atoms with Gasteiger partial charge in [-0.3, -0.25) is 0 Å². The van der Waals surface area contributed by atoms with Gasteiger partial charge in [-0.1, -0.05) is 37.3 Å². The van der Waals surface area contributed by atoms with Gasteiger partial charge in [0.15, 0.2) is 0 Å². The maximum absolute atomic E-state index is 4.00. The highest BCUT2D eigenvalue weighted by atomic mass is 14.3. The first-order valence-electron chi connectivity index (χ1n) is 4.99. The van der Waals surface area contributed by atoms with Crippen LogP contribution in [0.4, 0.5) is 0 Å². The van der Waals surface area contributed by atoms with E-state index >= 15 is 0 Å². The van der Waals surface area contributed by atoms with Crippen LogP contribution in [0.25, 0.3) is 0 Å². The lowest BCUT2D eigenvalue weighted by Crippen LogP contribution is -1.89. The molecule has 1 aliphatic rings. The van der Waals surface area contributed by atoms with Gasteiger partial charge in [0, 0.05) is 5.92 Å². The summed E-state index contributed by atoms with van der Waals surface area (Å²) in [5, 5.41) is 0. The van der Waals surface area contributed by atoms with Gasteiger partial charge >= 0.3 is 0 Å². The second kappa shape index (κ2) is 3.02. The summed E-state index contributed by atoms with van der Waals surface area (Å²) in [5.74, 6) is 0.672. The molecule has 0 saturated heterocycles. The fourth-order valence-corrected chi connectivity index (χ4v) is 1.85.